The Kier molecular flexibility index (Phi) is 4.42. The van der Waals surface area contributed by atoms with Gasteiger partial charge in [0.25, 0.3) is 0 Å². The maximum Gasteiger partial charge on any atom is 0.410 e. The summed E-state index contributed by atoms with van der Waals surface area (Å²) in [5, 5.41) is 0. The maximum atomic E-state index is 11.9. The van der Waals surface area contributed by atoms with Gasteiger partial charge in [-0.05, 0) is 64.2 Å². The fourth-order valence-corrected chi connectivity index (χ4v) is 3.04. The quantitative estimate of drug-likeness (QED) is 0.833. The summed E-state index contributed by atoms with van der Waals surface area (Å²) in [4.78, 5) is 18.4. The van der Waals surface area contributed by atoms with Gasteiger partial charge in [0.05, 0.1) is 5.69 Å². The highest BCUT2D eigenvalue weighted by Crippen LogP contribution is 2.23. The molecule has 0 N–H and O–H groups in total. The SMILES string of the molecule is CC(C)(C)OC(=O)N1CC(/C=C/c2ccc3c(n2)CCCC3)C1. The zero-order chi connectivity index (χ0) is 16.4. The molecule has 1 amide bonds. The Morgan fingerprint density at radius 1 is 1.26 bits per heavy atom. The Balaban J connectivity index is 1.52. The van der Waals surface area contributed by atoms with Crippen molar-refractivity contribution in [1.29, 1.82) is 0 Å². The van der Waals surface area contributed by atoms with Crippen LogP contribution in [0.5, 0.6) is 0 Å². The first-order chi connectivity index (χ1) is 10.9. The number of carbonyl (C=O) groups is 1. The molecule has 4 nitrogen and oxygen atoms in total. The van der Waals surface area contributed by atoms with Crippen LogP contribution < -0.4 is 0 Å². The van der Waals surface area contributed by atoms with E-state index < -0.39 is 5.60 Å². The van der Waals surface area contributed by atoms with E-state index in [-0.39, 0.29) is 6.09 Å². The summed E-state index contributed by atoms with van der Waals surface area (Å²) in [6.07, 6.45) is 8.85. The smallest absolute Gasteiger partial charge is 0.410 e. The molecule has 1 aliphatic heterocycles. The molecular weight excluding hydrogens is 288 g/mol. The molecule has 1 fully saturated rings. The van der Waals surface area contributed by atoms with E-state index in [2.05, 4.69) is 24.3 Å². The number of aryl methyl sites for hydroxylation is 2. The van der Waals surface area contributed by atoms with Crippen molar-refractivity contribution in [2.45, 2.75) is 52.1 Å². The molecule has 0 atom stereocenters. The van der Waals surface area contributed by atoms with E-state index in [0.29, 0.717) is 5.92 Å². The molecule has 1 saturated heterocycles. The van der Waals surface area contributed by atoms with Gasteiger partial charge in [0.15, 0.2) is 0 Å². The van der Waals surface area contributed by atoms with E-state index in [0.717, 1.165) is 25.2 Å². The maximum absolute atomic E-state index is 11.9. The summed E-state index contributed by atoms with van der Waals surface area (Å²) in [5.41, 5.74) is 3.28. The van der Waals surface area contributed by atoms with E-state index in [4.69, 9.17) is 9.72 Å². The second kappa shape index (κ2) is 6.34. The van der Waals surface area contributed by atoms with Gasteiger partial charge in [-0.1, -0.05) is 12.1 Å². The normalized spacial score (nSPS) is 18.7. The number of fused-ring (bicyclic) bond motifs is 1. The van der Waals surface area contributed by atoms with Crippen LogP contribution in [-0.2, 0) is 17.6 Å². The van der Waals surface area contributed by atoms with Crippen LogP contribution in [0.3, 0.4) is 0 Å². The summed E-state index contributed by atoms with van der Waals surface area (Å²) in [7, 11) is 0. The summed E-state index contributed by atoms with van der Waals surface area (Å²) in [5.74, 6) is 0.403. The van der Waals surface area contributed by atoms with Crippen LogP contribution in [0, 0.1) is 5.92 Å². The Labute approximate surface area is 138 Å². The third-order valence-corrected chi connectivity index (χ3v) is 4.30. The van der Waals surface area contributed by atoms with Crippen molar-refractivity contribution < 1.29 is 9.53 Å². The van der Waals surface area contributed by atoms with Crippen LogP contribution in [0.2, 0.25) is 0 Å². The lowest BCUT2D eigenvalue weighted by Gasteiger charge is -2.38. The molecule has 0 aromatic carbocycles. The molecule has 0 bridgehead atoms. The Morgan fingerprint density at radius 2 is 2.00 bits per heavy atom. The molecule has 0 unspecified atom stereocenters. The van der Waals surface area contributed by atoms with Crippen LogP contribution in [0.1, 0.15) is 50.6 Å². The first-order valence-electron chi connectivity index (χ1n) is 8.56. The predicted octanol–water partition coefficient (Wildman–Crippen LogP) is 3.84. The average Bonchev–Trinajstić information content (AvgIpc) is 2.43. The number of amides is 1. The largest absolute Gasteiger partial charge is 0.444 e. The molecule has 0 saturated carbocycles. The van der Waals surface area contributed by atoms with Gasteiger partial charge in [-0.3, -0.25) is 4.98 Å². The first kappa shape index (κ1) is 16.0. The monoisotopic (exact) mass is 314 g/mol. The van der Waals surface area contributed by atoms with Crippen LogP contribution in [-0.4, -0.2) is 34.7 Å². The number of pyridine rings is 1. The van der Waals surface area contributed by atoms with Gasteiger partial charge in [-0.2, -0.15) is 0 Å². The predicted molar refractivity (Wildman–Crippen MR) is 91.2 cm³/mol. The number of carbonyl (C=O) groups excluding carboxylic acids is 1. The highest BCUT2D eigenvalue weighted by Gasteiger charge is 2.32. The van der Waals surface area contributed by atoms with Crippen molar-refractivity contribution in [3.63, 3.8) is 0 Å². The second-order valence-electron chi connectivity index (χ2n) is 7.55. The molecule has 0 spiro atoms. The lowest BCUT2D eigenvalue weighted by molar-refractivity contribution is 0.00500. The fourth-order valence-electron chi connectivity index (χ4n) is 3.04. The number of nitrogens with zero attached hydrogens (tertiary/aromatic N) is 2. The molecule has 124 valence electrons. The number of rotatable bonds is 2. The standard InChI is InChI=1S/C19H26N2O2/c1-19(2,3)23-18(22)21-12-14(13-21)8-10-16-11-9-15-6-4-5-7-17(15)20-16/h8-11,14H,4-7,12-13H2,1-3H3/b10-8+. The van der Waals surface area contributed by atoms with Crippen molar-refractivity contribution >= 4 is 12.2 Å². The zero-order valence-corrected chi connectivity index (χ0v) is 14.3. The number of hydrogen-bond donors (Lipinski definition) is 0. The molecule has 4 heteroatoms. The number of likely N-dealkylation sites (tertiary alicyclic amines) is 1. The van der Waals surface area contributed by atoms with E-state index in [1.54, 1.807) is 4.90 Å². The molecule has 1 aromatic rings. The molecule has 1 aromatic heterocycles. The van der Waals surface area contributed by atoms with Crippen LogP contribution in [0.15, 0.2) is 18.2 Å². The molecule has 2 heterocycles. The van der Waals surface area contributed by atoms with Crippen molar-refractivity contribution in [3.8, 4) is 0 Å². The summed E-state index contributed by atoms with van der Waals surface area (Å²) >= 11 is 0. The summed E-state index contributed by atoms with van der Waals surface area (Å²) in [6.45, 7) is 7.14. The third kappa shape index (κ3) is 4.12. The van der Waals surface area contributed by atoms with Crippen molar-refractivity contribution in [2.75, 3.05) is 13.1 Å². The van der Waals surface area contributed by atoms with Crippen molar-refractivity contribution in [3.05, 3.63) is 35.2 Å². The highest BCUT2D eigenvalue weighted by molar-refractivity contribution is 5.69. The Bertz CT molecular complexity index is 610. The number of aromatic nitrogens is 1. The minimum Gasteiger partial charge on any atom is -0.444 e. The molecule has 0 radical (unpaired) electrons. The fraction of sp³-hybridized carbons (Fsp3) is 0.579. The third-order valence-electron chi connectivity index (χ3n) is 4.30. The summed E-state index contributed by atoms with van der Waals surface area (Å²) < 4.78 is 5.37. The molecular formula is C19H26N2O2. The number of ether oxygens (including phenoxy) is 1. The van der Waals surface area contributed by atoms with Gasteiger partial charge >= 0.3 is 6.09 Å². The molecule has 2 aliphatic rings. The highest BCUT2D eigenvalue weighted by atomic mass is 16.6. The lowest BCUT2D eigenvalue weighted by Crippen LogP contribution is -2.50. The van der Waals surface area contributed by atoms with E-state index >= 15 is 0 Å². The van der Waals surface area contributed by atoms with Crippen molar-refractivity contribution in [2.24, 2.45) is 5.92 Å². The summed E-state index contributed by atoms with van der Waals surface area (Å²) in [6, 6.07) is 4.32. The average molecular weight is 314 g/mol. The zero-order valence-electron chi connectivity index (χ0n) is 14.3. The van der Waals surface area contributed by atoms with Crippen LogP contribution >= 0.6 is 0 Å². The minimum absolute atomic E-state index is 0.214. The van der Waals surface area contributed by atoms with E-state index in [1.807, 2.05) is 20.8 Å². The second-order valence-corrected chi connectivity index (χ2v) is 7.55. The van der Waals surface area contributed by atoms with E-state index in [9.17, 15) is 4.79 Å². The molecule has 23 heavy (non-hydrogen) atoms. The Morgan fingerprint density at radius 3 is 2.74 bits per heavy atom. The van der Waals surface area contributed by atoms with Gasteiger partial charge in [0, 0.05) is 24.7 Å². The first-order valence-corrected chi connectivity index (χ1v) is 8.56. The lowest BCUT2D eigenvalue weighted by atomic mass is 9.95. The van der Waals surface area contributed by atoms with Crippen LogP contribution in [0.25, 0.3) is 6.08 Å². The van der Waals surface area contributed by atoms with Gasteiger partial charge in [-0.25, -0.2) is 4.79 Å². The van der Waals surface area contributed by atoms with Gasteiger partial charge in [0.2, 0.25) is 0 Å². The van der Waals surface area contributed by atoms with Gasteiger partial charge in [0.1, 0.15) is 5.60 Å². The van der Waals surface area contributed by atoms with Crippen molar-refractivity contribution in [1.82, 2.24) is 9.88 Å². The van der Waals surface area contributed by atoms with E-state index in [1.165, 1.54) is 30.5 Å². The topological polar surface area (TPSA) is 42.4 Å². The minimum atomic E-state index is -0.426. The van der Waals surface area contributed by atoms with Gasteiger partial charge in [-0.15, -0.1) is 0 Å². The van der Waals surface area contributed by atoms with Gasteiger partial charge < -0.3 is 9.64 Å². The number of hydrogen-bond acceptors (Lipinski definition) is 3. The van der Waals surface area contributed by atoms with Crippen LogP contribution in [0.4, 0.5) is 4.79 Å². The molecule has 1 aliphatic carbocycles. The Hall–Kier alpha value is -1.84. The molecule has 3 rings (SSSR count).